The van der Waals surface area contributed by atoms with Gasteiger partial charge in [0.15, 0.2) is 11.5 Å². The zero-order valence-corrected chi connectivity index (χ0v) is 18.8. The van der Waals surface area contributed by atoms with Gasteiger partial charge in [0.1, 0.15) is 0 Å². The second-order valence-electron chi connectivity index (χ2n) is 11.7. The molecule has 0 spiro atoms. The van der Waals surface area contributed by atoms with E-state index < -0.39 is 0 Å². The van der Waals surface area contributed by atoms with Gasteiger partial charge in [-0.3, -0.25) is 0 Å². The number of nitrogens with one attached hydrogen (secondary N) is 4. The highest BCUT2D eigenvalue weighted by Crippen LogP contribution is 2.50. The van der Waals surface area contributed by atoms with Crippen LogP contribution < -0.4 is 31.5 Å². The molecule has 0 aromatic heterocycles. The largest absolute Gasteiger partial charge is 0.790 e. The quantitative estimate of drug-likeness (QED) is 0.591. The molecule has 0 unspecified atom stereocenters. The summed E-state index contributed by atoms with van der Waals surface area (Å²) in [6.45, 7) is 17.3. The average Bonchev–Trinajstić information content (AvgIpc) is 2.43. The van der Waals surface area contributed by atoms with Crippen LogP contribution in [0.4, 0.5) is 11.4 Å². The molecule has 158 valence electrons. The van der Waals surface area contributed by atoms with Gasteiger partial charge in [-0.1, -0.05) is 0 Å². The van der Waals surface area contributed by atoms with E-state index in [4.69, 9.17) is 0 Å². The molecule has 0 radical (unpaired) electrons. The van der Waals surface area contributed by atoms with Gasteiger partial charge in [0.05, 0.1) is 0 Å². The maximum atomic E-state index is 12.7. The SMILES string of the molecule is CC1(C)CC(Nc2c([O-])[c+](NC3CC(C)(C)NC(C)(C)C3)[c+]2[O-])CC(C)(C)N1. The highest BCUT2D eigenvalue weighted by atomic mass is 16.3. The van der Waals surface area contributed by atoms with Crippen molar-refractivity contribution in [3.8, 4) is 11.5 Å². The van der Waals surface area contributed by atoms with Crippen LogP contribution in [-0.2, 0) is 0 Å². The topological polar surface area (TPSA) is 94.2 Å². The lowest BCUT2D eigenvalue weighted by Gasteiger charge is -2.47. The third-order valence-corrected chi connectivity index (χ3v) is 5.99. The molecule has 2 heterocycles. The minimum atomic E-state index is -0.159. The molecule has 4 N–H and O–H groups in total. The molecular weight excluding hydrogens is 352 g/mol. The number of hydrogen-bond acceptors (Lipinski definition) is 6. The maximum Gasteiger partial charge on any atom is 0.249 e. The lowest BCUT2D eigenvalue weighted by Crippen LogP contribution is -2.60. The van der Waals surface area contributed by atoms with Gasteiger partial charge >= 0.3 is 0 Å². The normalized spacial score (nSPS) is 26.9. The van der Waals surface area contributed by atoms with Crippen molar-refractivity contribution in [2.24, 2.45) is 0 Å². The second kappa shape index (κ2) is 6.56. The molecule has 0 atom stereocenters. The van der Waals surface area contributed by atoms with Gasteiger partial charge in [-0.25, -0.2) is 0 Å². The Balaban J connectivity index is 1.69. The second-order valence-corrected chi connectivity index (χ2v) is 11.7. The van der Waals surface area contributed by atoms with Crippen molar-refractivity contribution in [1.82, 2.24) is 10.6 Å². The molecule has 2 aliphatic rings. The summed E-state index contributed by atoms with van der Waals surface area (Å²) in [7, 11) is 0. The summed E-state index contributed by atoms with van der Waals surface area (Å²) in [5.74, 6) is -0.318. The minimum absolute atomic E-state index is 0.0348. The predicted molar refractivity (Wildman–Crippen MR) is 112 cm³/mol. The van der Waals surface area contributed by atoms with Crippen LogP contribution in [0.3, 0.4) is 0 Å². The van der Waals surface area contributed by atoms with E-state index in [9.17, 15) is 10.2 Å². The molecule has 3 rings (SSSR count). The molecule has 2 aliphatic heterocycles. The Bertz CT molecular complexity index is 605. The third kappa shape index (κ3) is 4.60. The van der Waals surface area contributed by atoms with Gasteiger partial charge in [-0.15, -0.1) is 0 Å². The van der Waals surface area contributed by atoms with Crippen LogP contribution in [0.5, 0.6) is 11.5 Å². The molecule has 28 heavy (non-hydrogen) atoms. The lowest BCUT2D eigenvalue weighted by atomic mass is 9.79. The standard InChI is InChI=1S/C22H38N4O2/c1-19(2)9-13(10-20(3,4)25-19)23-15-17(27)16(18(15)28)24-14-11-21(5,6)26-22(7,8)12-14/h13-14,23-26H,9-12H2,1-8H3. The number of piperidine rings is 2. The van der Waals surface area contributed by atoms with Gasteiger partial charge in [0, 0.05) is 34.2 Å². The van der Waals surface area contributed by atoms with E-state index in [0.717, 1.165) is 25.7 Å². The van der Waals surface area contributed by atoms with Crippen molar-refractivity contribution in [2.75, 3.05) is 10.6 Å². The molecule has 1 aromatic carbocycles. The Morgan fingerprint density at radius 1 is 0.786 bits per heavy atom. The molecule has 1 aromatic rings. The first-order chi connectivity index (χ1) is 12.6. The Hall–Kier alpha value is -1.40. The summed E-state index contributed by atoms with van der Waals surface area (Å²) in [6.07, 6.45) is 3.50. The monoisotopic (exact) mass is 390 g/mol. The minimum Gasteiger partial charge on any atom is -0.790 e. The molecule has 0 aliphatic carbocycles. The first-order valence-corrected chi connectivity index (χ1v) is 10.5. The highest BCUT2D eigenvalue weighted by molar-refractivity contribution is 5.90. The fourth-order valence-corrected chi connectivity index (χ4v) is 5.91. The molecule has 6 nitrogen and oxygen atoms in total. The van der Waals surface area contributed by atoms with Gasteiger partial charge in [-0.05, 0) is 81.1 Å². The van der Waals surface area contributed by atoms with Gasteiger partial charge < -0.3 is 31.5 Å². The van der Waals surface area contributed by atoms with Crippen LogP contribution in [0.1, 0.15) is 81.1 Å². The smallest absolute Gasteiger partial charge is 0.249 e. The fraction of sp³-hybridized carbons (Fsp3) is 0.818. The van der Waals surface area contributed by atoms with E-state index in [-0.39, 0.29) is 57.1 Å². The van der Waals surface area contributed by atoms with Crippen molar-refractivity contribution in [3.05, 3.63) is 0 Å². The van der Waals surface area contributed by atoms with E-state index in [0.29, 0.717) is 0 Å². The summed E-state index contributed by atoms with van der Waals surface area (Å²) < 4.78 is 0. The van der Waals surface area contributed by atoms with Gasteiger partial charge in [-0.2, -0.15) is 0 Å². The predicted octanol–water partition coefficient (Wildman–Crippen LogP) is 2.71. The average molecular weight is 391 g/mol. The van der Waals surface area contributed by atoms with E-state index in [1.54, 1.807) is 0 Å². The Morgan fingerprint density at radius 3 is 1.57 bits per heavy atom. The van der Waals surface area contributed by atoms with Crippen molar-refractivity contribution < 1.29 is 10.2 Å². The Labute approximate surface area is 170 Å². The highest BCUT2D eigenvalue weighted by Gasteiger charge is 2.43. The lowest BCUT2D eigenvalue weighted by molar-refractivity contribution is -0.287. The zero-order valence-electron chi connectivity index (χ0n) is 18.8. The molecular formula is C22H38N4O2. The van der Waals surface area contributed by atoms with Crippen LogP contribution in [-0.4, -0.2) is 34.2 Å². The van der Waals surface area contributed by atoms with Crippen LogP contribution >= 0.6 is 0 Å². The van der Waals surface area contributed by atoms with Crippen molar-refractivity contribution >= 4 is 11.4 Å². The molecule has 0 bridgehead atoms. The van der Waals surface area contributed by atoms with Crippen molar-refractivity contribution in [3.63, 3.8) is 0 Å². The molecule has 6 heteroatoms. The summed E-state index contributed by atoms with van der Waals surface area (Å²) in [5.41, 5.74) is 0.376. The van der Waals surface area contributed by atoms with Crippen LogP contribution in [0, 0.1) is 0 Å². The first-order valence-electron chi connectivity index (χ1n) is 10.5. The van der Waals surface area contributed by atoms with Crippen molar-refractivity contribution in [2.45, 2.75) is 115 Å². The fourth-order valence-electron chi connectivity index (χ4n) is 5.91. The van der Waals surface area contributed by atoms with Gasteiger partial charge in [0.25, 0.3) is 0 Å². The number of rotatable bonds is 4. The van der Waals surface area contributed by atoms with Crippen molar-refractivity contribution in [1.29, 1.82) is 0 Å². The van der Waals surface area contributed by atoms with E-state index in [1.165, 1.54) is 0 Å². The van der Waals surface area contributed by atoms with E-state index in [2.05, 4.69) is 76.7 Å². The van der Waals surface area contributed by atoms with Crippen LogP contribution in [0.2, 0.25) is 0 Å². The summed E-state index contributed by atoms with van der Waals surface area (Å²) in [4.78, 5) is 0. The summed E-state index contributed by atoms with van der Waals surface area (Å²) >= 11 is 0. The third-order valence-electron chi connectivity index (χ3n) is 5.99. The van der Waals surface area contributed by atoms with E-state index >= 15 is 0 Å². The molecule has 0 amide bonds. The van der Waals surface area contributed by atoms with Crippen LogP contribution in [0.15, 0.2) is 0 Å². The molecule has 2 saturated heterocycles. The number of anilines is 2. The maximum absolute atomic E-state index is 12.7. The Morgan fingerprint density at radius 2 is 1.18 bits per heavy atom. The number of hydrogen-bond donors (Lipinski definition) is 4. The van der Waals surface area contributed by atoms with Crippen LogP contribution in [0.25, 0.3) is 0 Å². The van der Waals surface area contributed by atoms with E-state index in [1.807, 2.05) is 0 Å². The molecule has 0 saturated carbocycles. The molecule has 2 fully saturated rings. The Kier molecular flexibility index (Phi) is 4.99. The van der Waals surface area contributed by atoms with Gasteiger partial charge in [0.2, 0.25) is 11.4 Å². The summed E-state index contributed by atoms with van der Waals surface area (Å²) in [5, 5.41) is 39.2. The summed E-state index contributed by atoms with van der Waals surface area (Å²) in [6, 6.07) is 0.236. The zero-order chi connectivity index (χ0) is 21.1. The first kappa shape index (κ1) is 21.3.